The maximum Gasteiger partial charge on any atom is 0.313 e. The van der Waals surface area contributed by atoms with Crippen LogP contribution in [-0.2, 0) is 9.53 Å². The Balaban J connectivity index is 2.05. The SMILES string of the molecule is CCC(C(=O)OC1(C)CCCCC1)c1ccccc1. The number of hydrogen-bond acceptors (Lipinski definition) is 2. The van der Waals surface area contributed by atoms with E-state index in [-0.39, 0.29) is 17.5 Å². The number of hydrogen-bond donors (Lipinski definition) is 0. The predicted molar refractivity (Wildman–Crippen MR) is 77.1 cm³/mol. The second-order valence-corrected chi connectivity index (χ2v) is 5.80. The van der Waals surface area contributed by atoms with Crippen molar-refractivity contribution >= 4 is 5.97 Å². The molecule has 0 bridgehead atoms. The van der Waals surface area contributed by atoms with Crippen LogP contribution in [0, 0.1) is 0 Å². The van der Waals surface area contributed by atoms with Crippen molar-refractivity contribution in [2.75, 3.05) is 0 Å². The maximum atomic E-state index is 12.4. The number of benzene rings is 1. The van der Waals surface area contributed by atoms with E-state index in [1.807, 2.05) is 37.3 Å². The molecule has 0 spiro atoms. The Labute approximate surface area is 116 Å². The molecular formula is C17H24O2. The monoisotopic (exact) mass is 260 g/mol. The molecule has 0 aliphatic heterocycles. The number of carbonyl (C=O) groups is 1. The molecule has 0 radical (unpaired) electrons. The summed E-state index contributed by atoms with van der Waals surface area (Å²) < 4.78 is 5.85. The maximum absolute atomic E-state index is 12.4. The van der Waals surface area contributed by atoms with Gasteiger partial charge in [-0.3, -0.25) is 4.79 Å². The first-order valence-electron chi connectivity index (χ1n) is 7.42. The summed E-state index contributed by atoms with van der Waals surface area (Å²) in [7, 11) is 0. The molecule has 104 valence electrons. The highest BCUT2D eigenvalue weighted by Crippen LogP contribution is 2.33. The Hall–Kier alpha value is -1.31. The Kier molecular flexibility index (Phi) is 4.62. The predicted octanol–water partition coefficient (Wildman–Crippen LogP) is 4.45. The van der Waals surface area contributed by atoms with Gasteiger partial charge < -0.3 is 4.74 Å². The molecular weight excluding hydrogens is 236 g/mol. The van der Waals surface area contributed by atoms with E-state index in [2.05, 4.69) is 6.92 Å². The first-order chi connectivity index (χ1) is 9.14. The van der Waals surface area contributed by atoms with E-state index in [9.17, 15) is 4.79 Å². The van der Waals surface area contributed by atoms with E-state index < -0.39 is 0 Å². The first kappa shape index (κ1) is 14.1. The molecule has 2 nitrogen and oxygen atoms in total. The zero-order valence-electron chi connectivity index (χ0n) is 12.0. The molecule has 0 amide bonds. The molecule has 1 atom stereocenters. The number of ether oxygens (including phenoxy) is 1. The van der Waals surface area contributed by atoms with Gasteiger partial charge in [0, 0.05) is 0 Å². The molecule has 0 N–H and O–H groups in total. The van der Waals surface area contributed by atoms with Gasteiger partial charge in [-0.15, -0.1) is 0 Å². The van der Waals surface area contributed by atoms with Gasteiger partial charge in [0.25, 0.3) is 0 Å². The Bertz CT molecular complexity index is 405. The smallest absolute Gasteiger partial charge is 0.313 e. The molecule has 19 heavy (non-hydrogen) atoms. The van der Waals surface area contributed by atoms with Gasteiger partial charge in [-0.1, -0.05) is 43.7 Å². The van der Waals surface area contributed by atoms with Crippen LogP contribution in [0.25, 0.3) is 0 Å². The fourth-order valence-electron chi connectivity index (χ4n) is 2.94. The Morgan fingerprint density at radius 1 is 1.21 bits per heavy atom. The van der Waals surface area contributed by atoms with Crippen molar-refractivity contribution in [3.63, 3.8) is 0 Å². The molecule has 1 aromatic rings. The lowest BCUT2D eigenvalue weighted by molar-refractivity contribution is -0.163. The molecule has 1 aromatic carbocycles. The van der Waals surface area contributed by atoms with Crippen LogP contribution in [0.1, 0.15) is 63.9 Å². The third-order valence-corrected chi connectivity index (χ3v) is 4.15. The van der Waals surface area contributed by atoms with Crippen LogP contribution in [0.2, 0.25) is 0 Å². The van der Waals surface area contributed by atoms with Gasteiger partial charge in [0.1, 0.15) is 5.60 Å². The van der Waals surface area contributed by atoms with Gasteiger partial charge >= 0.3 is 5.97 Å². The fourth-order valence-corrected chi connectivity index (χ4v) is 2.94. The minimum Gasteiger partial charge on any atom is -0.459 e. The van der Waals surface area contributed by atoms with Crippen molar-refractivity contribution < 1.29 is 9.53 Å². The Morgan fingerprint density at radius 2 is 1.84 bits per heavy atom. The van der Waals surface area contributed by atoms with Crippen molar-refractivity contribution in [3.05, 3.63) is 35.9 Å². The summed E-state index contributed by atoms with van der Waals surface area (Å²) in [5.74, 6) is -0.182. The first-order valence-corrected chi connectivity index (χ1v) is 7.42. The third kappa shape index (κ3) is 3.59. The summed E-state index contributed by atoms with van der Waals surface area (Å²) >= 11 is 0. The standard InChI is InChI=1S/C17H24O2/c1-3-15(14-10-6-4-7-11-14)16(18)19-17(2)12-8-5-9-13-17/h4,6-7,10-11,15H,3,5,8-9,12-13H2,1-2H3. The minimum atomic E-state index is -0.239. The van der Waals surface area contributed by atoms with Crippen LogP contribution in [-0.4, -0.2) is 11.6 Å². The number of esters is 1. The summed E-state index contributed by atoms with van der Waals surface area (Å²) in [5, 5.41) is 0. The van der Waals surface area contributed by atoms with Gasteiger partial charge in [0.2, 0.25) is 0 Å². The van der Waals surface area contributed by atoms with E-state index in [1.165, 1.54) is 19.3 Å². The van der Waals surface area contributed by atoms with Crippen molar-refractivity contribution in [2.45, 2.75) is 63.9 Å². The van der Waals surface area contributed by atoms with Gasteiger partial charge in [-0.2, -0.15) is 0 Å². The second-order valence-electron chi connectivity index (χ2n) is 5.80. The number of carbonyl (C=O) groups excluding carboxylic acids is 1. The molecule has 2 rings (SSSR count). The van der Waals surface area contributed by atoms with Crippen LogP contribution < -0.4 is 0 Å². The van der Waals surface area contributed by atoms with Crippen molar-refractivity contribution in [2.24, 2.45) is 0 Å². The van der Waals surface area contributed by atoms with Crippen molar-refractivity contribution in [3.8, 4) is 0 Å². The second kappa shape index (κ2) is 6.23. The summed E-state index contributed by atoms with van der Waals surface area (Å²) in [5.41, 5.74) is 0.826. The third-order valence-electron chi connectivity index (χ3n) is 4.15. The highest BCUT2D eigenvalue weighted by atomic mass is 16.6. The van der Waals surface area contributed by atoms with Crippen molar-refractivity contribution in [1.82, 2.24) is 0 Å². The lowest BCUT2D eigenvalue weighted by Crippen LogP contribution is -2.35. The highest BCUT2D eigenvalue weighted by Gasteiger charge is 2.33. The average Bonchev–Trinajstić information content (AvgIpc) is 2.41. The van der Waals surface area contributed by atoms with Crippen molar-refractivity contribution in [1.29, 1.82) is 0 Å². The molecule has 0 aromatic heterocycles. The minimum absolute atomic E-state index is 0.0573. The van der Waals surface area contributed by atoms with Crippen LogP contribution in [0.5, 0.6) is 0 Å². The van der Waals surface area contributed by atoms with Crippen LogP contribution in [0.15, 0.2) is 30.3 Å². The van der Waals surface area contributed by atoms with E-state index in [0.29, 0.717) is 0 Å². The summed E-state index contributed by atoms with van der Waals surface area (Å²) in [6.07, 6.45) is 6.41. The van der Waals surface area contributed by atoms with Gasteiger partial charge in [-0.25, -0.2) is 0 Å². The van der Waals surface area contributed by atoms with Crippen LogP contribution in [0.4, 0.5) is 0 Å². The molecule has 1 aliphatic carbocycles. The van der Waals surface area contributed by atoms with Gasteiger partial charge in [0.15, 0.2) is 0 Å². The summed E-state index contributed by atoms with van der Waals surface area (Å²) in [4.78, 5) is 12.4. The van der Waals surface area contributed by atoms with Gasteiger partial charge in [-0.05, 0) is 44.6 Å². The fraction of sp³-hybridized carbons (Fsp3) is 0.588. The molecule has 0 saturated heterocycles. The highest BCUT2D eigenvalue weighted by molar-refractivity contribution is 5.78. The lowest BCUT2D eigenvalue weighted by atomic mass is 9.86. The van der Waals surface area contributed by atoms with Crippen LogP contribution in [0.3, 0.4) is 0 Å². The van der Waals surface area contributed by atoms with Crippen LogP contribution >= 0.6 is 0 Å². The quantitative estimate of drug-likeness (QED) is 0.748. The molecule has 0 heterocycles. The normalized spacial score (nSPS) is 19.7. The lowest BCUT2D eigenvalue weighted by Gasteiger charge is -2.34. The van der Waals surface area contributed by atoms with Gasteiger partial charge in [0.05, 0.1) is 5.92 Å². The topological polar surface area (TPSA) is 26.3 Å². The summed E-state index contributed by atoms with van der Waals surface area (Å²) in [6, 6.07) is 9.96. The number of rotatable bonds is 4. The van der Waals surface area contributed by atoms with E-state index in [0.717, 1.165) is 24.8 Å². The largest absolute Gasteiger partial charge is 0.459 e. The molecule has 1 saturated carbocycles. The molecule has 1 aliphatic rings. The molecule has 1 fully saturated rings. The van der Waals surface area contributed by atoms with E-state index in [4.69, 9.17) is 4.74 Å². The van der Waals surface area contributed by atoms with E-state index in [1.54, 1.807) is 0 Å². The zero-order valence-corrected chi connectivity index (χ0v) is 12.0. The zero-order chi connectivity index (χ0) is 13.7. The summed E-state index contributed by atoms with van der Waals surface area (Å²) in [6.45, 7) is 4.13. The average molecular weight is 260 g/mol. The van der Waals surface area contributed by atoms with E-state index >= 15 is 0 Å². The molecule has 1 unspecified atom stereocenters. The molecule has 2 heteroatoms. The Morgan fingerprint density at radius 3 is 2.42 bits per heavy atom.